The van der Waals surface area contributed by atoms with E-state index in [1.54, 1.807) is 0 Å². The number of nitrogens with one attached hydrogen (secondary N) is 2. The number of carbonyl (C=O) groups is 1. The van der Waals surface area contributed by atoms with Gasteiger partial charge in [0.05, 0.1) is 11.4 Å². The van der Waals surface area contributed by atoms with Crippen molar-refractivity contribution in [2.45, 2.75) is 52.4 Å². The molecule has 1 heterocycles. The van der Waals surface area contributed by atoms with Crippen LogP contribution in [-0.4, -0.2) is 22.6 Å². The molecule has 112 valence electrons. The molecule has 1 aromatic heterocycles. The first-order valence-corrected chi connectivity index (χ1v) is 7.76. The molecule has 0 aliphatic heterocycles. The van der Waals surface area contributed by atoms with Gasteiger partial charge in [0.25, 0.3) is 5.91 Å². The lowest BCUT2D eigenvalue weighted by Gasteiger charge is -2.27. The average molecular weight is 278 g/mol. The maximum atomic E-state index is 12.1. The summed E-state index contributed by atoms with van der Waals surface area (Å²) in [7, 11) is 0. The third-order valence-electron chi connectivity index (χ3n) is 4.55. The van der Waals surface area contributed by atoms with Crippen LogP contribution >= 0.6 is 0 Å². The van der Waals surface area contributed by atoms with E-state index in [0.717, 1.165) is 24.6 Å². The summed E-state index contributed by atoms with van der Waals surface area (Å²) in [5.74, 6) is 1.33. The second kappa shape index (κ2) is 6.77. The van der Waals surface area contributed by atoms with Crippen molar-refractivity contribution in [3.05, 3.63) is 11.4 Å². The zero-order valence-corrected chi connectivity index (χ0v) is 12.5. The van der Waals surface area contributed by atoms with Crippen molar-refractivity contribution in [1.29, 1.82) is 0 Å². The van der Waals surface area contributed by atoms with Crippen LogP contribution in [0.1, 0.15) is 62.1 Å². The van der Waals surface area contributed by atoms with Crippen molar-refractivity contribution in [2.24, 2.45) is 11.8 Å². The fourth-order valence-electron chi connectivity index (χ4n) is 2.99. The average Bonchev–Trinajstić information content (AvgIpc) is 2.86. The van der Waals surface area contributed by atoms with Crippen LogP contribution in [0.2, 0.25) is 0 Å². The molecule has 1 aliphatic rings. The summed E-state index contributed by atoms with van der Waals surface area (Å²) in [5.41, 5.74) is 7.56. The molecule has 0 radical (unpaired) electrons. The molecule has 4 N–H and O–H groups in total. The fraction of sp³-hybridized carbons (Fsp3) is 0.733. The Balaban J connectivity index is 1.82. The number of aromatic amines is 1. The van der Waals surface area contributed by atoms with Gasteiger partial charge in [0, 0.05) is 6.54 Å². The van der Waals surface area contributed by atoms with Gasteiger partial charge in [-0.1, -0.05) is 33.1 Å². The van der Waals surface area contributed by atoms with E-state index in [1.807, 2.05) is 6.92 Å². The van der Waals surface area contributed by atoms with Crippen molar-refractivity contribution in [3.63, 3.8) is 0 Å². The number of amides is 1. The standard InChI is InChI=1S/C15H26N4O/c1-3-10-5-7-11(8-6-10)9-17-15(20)14-13(16)12(4-2)18-19-14/h10-11H,3-9,16H2,1-2H3,(H,17,20)(H,18,19). The van der Waals surface area contributed by atoms with Crippen molar-refractivity contribution in [2.75, 3.05) is 12.3 Å². The molecule has 0 unspecified atom stereocenters. The van der Waals surface area contributed by atoms with E-state index in [4.69, 9.17) is 5.73 Å². The fourth-order valence-corrected chi connectivity index (χ4v) is 2.99. The SMILES string of the molecule is CCc1[nH]nc(C(=O)NCC2CCC(CC)CC2)c1N. The molecule has 0 atom stereocenters. The van der Waals surface area contributed by atoms with Crippen LogP contribution in [0.15, 0.2) is 0 Å². The van der Waals surface area contributed by atoms with Crippen molar-refractivity contribution >= 4 is 11.6 Å². The number of nitrogens with two attached hydrogens (primary N) is 1. The lowest BCUT2D eigenvalue weighted by atomic mass is 9.81. The van der Waals surface area contributed by atoms with E-state index >= 15 is 0 Å². The predicted molar refractivity (Wildman–Crippen MR) is 80.5 cm³/mol. The molecule has 0 bridgehead atoms. The van der Waals surface area contributed by atoms with Gasteiger partial charge in [0.1, 0.15) is 0 Å². The van der Waals surface area contributed by atoms with Crippen LogP contribution in [0.3, 0.4) is 0 Å². The highest BCUT2D eigenvalue weighted by Gasteiger charge is 2.22. The van der Waals surface area contributed by atoms with Gasteiger partial charge in [-0.25, -0.2) is 0 Å². The van der Waals surface area contributed by atoms with E-state index in [-0.39, 0.29) is 5.91 Å². The van der Waals surface area contributed by atoms with Gasteiger partial charge in [-0.05, 0) is 31.1 Å². The maximum Gasteiger partial charge on any atom is 0.273 e. The zero-order valence-electron chi connectivity index (χ0n) is 12.5. The molecule has 0 saturated heterocycles. The molecule has 5 nitrogen and oxygen atoms in total. The maximum absolute atomic E-state index is 12.1. The monoisotopic (exact) mass is 278 g/mol. The summed E-state index contributed by atoms with van der Waals surface area (Å²) in [6, 6.07) is 0. The van der Waals surface area contributed by atoms with Crippen molar-refractivity contribution in [3.8, 4) is 0 Å². The van der Waals surface area contributed by atoms with Crippen LogP contribution in [0.5, 0.6) is 0 Å². The Kier molecular flexibility index (Phi) is 5.04. The molecule has 2 rings (SSSR count). The van der Waals surface area contributed by atoms with Gasteiger partial charge < -0.3 is 11.1 Å². The number of hydrogen-bond acceptors (Lipinski definition) is 3. The van der Waals surface area contributed by atoms with Crippen LogP contribution in [-0.2, 0) is 6.42 Å². The minimum Gasteiger partial charge on any atom is -0.395 e. The molecule has 1 fully saturated rings. The summed E-state index contributed by atoms with van der Waals surface area (Å²) in [6.45, 7) is 4.99. The minimum atomic E-state index is -0.156. The van der Waals surface area contributed by atoms with E-state index in [9.17, 15) is 4.79 Å². The third kappa shape index (κ3) is 3.32. The van der Waals surface area contributed by atoms with Crippen LogP contribution in [0.25, 0.3) is 0 Å². The topological polar surface area (TPSA) is 83.8 Å². The van der Waals surface area contributed by atoms with E-state index in [2.05, 4.69) is 22.4 Å². The van der Waals surface area contributed by atoms with Crippen LogP contribution in [0.4, 0.5) is 5.69 Å². The van der Waals surface area contributed by atoms with Crippen LogP contribution < -0.4 is 11.1 Å². The highest BCUT2D eigenvalue weighted by Crippen LogP contribution is 2.30. The first-order valence-electron chi connectivity index (χ1n) is 7.76. The Morgan fingerprint density at radius 2 is 1.95 bits per heavy atom. The van der Waals surface area contributed by atoms with Gasteiger partial charge in [-0.15, -0.1) is 0 Å². The molecular formula is C15H26N4O. The Labute approximate surface area is 120 Å². The van der Waals surface area contributed by atoms with E-state index < -0.39 is 0 Å². The van der Waals surface area contributed by atoms with Gasteiger partial charge in [-0.2, -0.15) is 5.10 Å². The smallest absolute Gasteiger partial charge is 0.273 e. The van der Waals surface area contributed by atoms with Gasteiger partial charge in [0.15, 0.2) is 5.69 Å². The van der Waals surface area contributed by atoms with Gasteiger partial charge in [0.2, 0.25) is 0 Å². The summed E-state index contributed by atoms with van der Waals surface area (Å²) >= 11 is 0. The van der Waals surface area contributed by atoms with E-state index in [1.165, 1.54) is 32.1 Å². The molecule has 1 aliphatic carbocycles. The Morgan fingerprint density at radius 1 is 1.30 bits per heavy atom. The lowest BCUT2D eigenvalue weighted by Crippen LogP contribution is -2.31. The van der Waals surface area contributed by atoms with Crippen molar-refractivity contribution in [1.82, 2.24) is 15.5 Å². The second-order valence-corrected chi connectivity index (χ2v) is 5.82. The molecule has 1 amide bonds. The molecule has 0 spiro atoms. The summed E-state index contributed by atoms with van der Waals surface area (Å²) in [5, 5.41) is 9.81. The quantitative estimate of drug-likeness (QED) is 0.773. The molecular weight excluding hydrogens is 252 g/mol. The summed E-state index contributed by atoms with van der Waals surface area (Å²) < 4.78 is 0. The Hall–Kier alpha value is -1.52. The zero-order chi connectivity index (χ0) is 14.5. The number of anilines is 1. The molecule has 1 saturated carbocycles. The Bertz CT molecular complexity index is 447. The van der Waals surface area contributed by atoms with Gasteiger partial charge in [-0.3, -0.25) is 9.89 Å². The van der Waals surface area contributed by atoms with E-state index in [0.29, 0.717) is 17.3 Å². The van der Waals surface area contributed by atoms with Gasteiger partial charge >= 0.3 is 0 Å². The summed E-state index contributed by atoms with van der Waals surface area (Å²) in [6.07, 6.45) is 7.06. The number of nitrogen functional groups attached to an aromatic ring is 1. The third-order valence-corrected chi connectivity index (χ3v) is 4.55. The van der Waals surface area contributed by atoms with Crippen LogP contribution in [0, 0.1) is 11.8 Å². The number of nitrogens with zero attached hydrogens (tertiary/aromatic N) is 1. The second-order valence-electron chi connectivity index (χ2n) is 5.82. The molecule has 5 heteroatoms. The normalized spacial score (nSPS) is 22.7. The molecule has 20 heavy (non-hydrogen) atoms. The molecule has 1 aromatic rings. The number of rotatable bonds is 5. The first-order chi connectivity index (χ1) is 9.65. The number of H-pyrrole nitrogens is 1. The van der Waals surface area contributed by atoms with Crippen molar-refractivity contribution < 1.29 is 4.79 Å². The highest BCUT2D eigenvalue weighted by atomic mass is 16.1. The highest BCUT2D eigenvalue weighted by molar-refractivity contribution is 5.97. The number of carbonyl (C=O) groups excluding carboxylic acids is 1. The largest absolute Gasteiger partial charge is 0.395 e. The Morgan fingerprint density at radius 3 is 2.50 bits per heavy atom. The number of hydrogen-bond donors (Lipinski definition) is 3. The number of aryl methyl sites for hydroxylation is 1. The minimum absolute atomic E-state index is 0.156. The lowest BCUT2D eigenvalue weighted by molar-refractivity contribution is 0.0937. The first kappa shape index (κ1) is 14.9. The summed E-state index contributed by atoms with van der Waals surface area (Å²) in [4.78, 5) is 12.1. The molecule has 0 aromatic carbocycles. The predicted octanol–water partition coefficient (Wildman–Crippen LogP) is 2.50. The number of aromatic nitrogens is 2.